The molecule has 1 aromatic heterocycles. The highest BCUT2D eigenvalue weighted by molar-refractivity contribution is 5.15. The van der Waals surface area contributed by atoms with Gasteiger partial charge >= 0.3 is 0 Å². The smallest absolute Gasteiger partial charge is 0.0696 e. The summed E-state index contributed by atoms with van der Waals surface area (Å²) in [5.41, 5.74) is 1.41. The number of hydrogen-bond donors (Lipinski definition) is 1. The third kappa shape index (κ3) is 4.29. The molecule has 1 heterocycles. The van der Waals surface area contributed by atoms with Crippen molar-refractivity contribution in [3.05, 3.63) is 29.6 Å². The van der Waals surface area contributed by atoms with Gasteiger partial charge in [-0.1, -0.05) is 13.0 Å². The van der Waals surface area contributed by atoms with Crippen molar-refractivity contribution in [2.45, 2.75) is 38.7 Å². The Kier molecular flexibility index (Phi) is 4.90. The second-order valence-electron chi connectivity index (χ2n) is 4.43. The number of pyridine rings is 1. The van der Waals surface area contributed by atoms with E-state index in [4.69, 9.17) is 4.74 Å². The van der Waals surface area contributed by atoms with Crippen LogP contribution in [0.3, 0.4) is 0 Å². The molecule has 3 nitrogen and oxygen atoms in total. The van der Waals surface area contributed by atoms with Gasteiger partial charge in [-0.2, -0.15) is 0 Å². The largest absolute Gasteiger partial charge is 0.390 e. The molecule has 0 saturated carbocycles. The monoisotopic (exact) mass is 223 g/mol. The zero-order chi connectivity index (χ0) is 12.0. The van der Waals surface area contributed by atoms with Gasteiger partial charge in [0.2, 0.25) is 0 Å². The molecule has 0 aromatic carbocycles. The Morgan fingerprint density at radius 1 is 1.44 bits per heavy atom. The first-order valence-electron chi connectivity index (χ1n) is 5.72. The SMILES string of the molecule is CCc1ccc(CC(C)(O)CCOC)nc1. The predicted octanol–water partition coefficient (Wildman–Crippen LogP) is 1.97. The summed E-state index contributed by atoms with van der Waals surface area (Å²) in [4.78, 5) is 4.34. The minimum atomic E-state index is -0.739. The summed E-state index contributed by atoms with van der Waals surface area (Å²) in [6.07, 6.45) is 4.07. The molecule has 1 aromatic rings. The van der Waals surface area contributed by atoms with Gasteiger partial charge < -0.3 is 9.84 Å². The third-order valence-electron chi connectivity index (χ3n) is 2.70. The Balaban J connectivity index is 2.57. The van der Waals surface area contributed by atoms with Crippen LogP contribution in [0.15, 0.2) is 18.3 Å². The van der Waals surface area contributed by atoms with E-state index in [9.17, 15) is 5.11 Å². The molecule has 0 fully saturated rings. The summed E-state index contributed by atoms with van der Waals surface area (Å²) < 4.78 is 4.97. The second kappa shape index (κ2) is 5.97. The first-order valence-corrected chi connectivity index (χ1v) is 5.72. The Hall–Kier alpha value is -0.930. The maximum absolute atomic E-state index is 10.1. The lowest BCUT2D eigenvalue weighted by molar-refractivity contribution is 0.0242. The number of nitrogens with zero attached hydrogens (tertiary/aromatic N) is 1. The topological polar surface area (TPSA) is 42.4 Å². The van der Waals surface area contributed by atoms with Gasteiger partial charge in [0, 0.05) is 32.0 Å². The van der Waals surface area contributed by atoms with Crippen LogP contribution in [0.2, 0.25) is 0 Å². The molecular formula is C13H21NO2. The summed E-state index contributed by atoms with van der Waals surface area (Å²) in [6, 6.07) is 4.05. The molecule has 1 N–H and O–H groups in total. The van der Waals surface area contributed by atoms with E-state index < -0.39 is 5.60 Å². The molecule has 0 radical (unpaired) electrons. The molecular weight excluding hydrogens is 202 g/mol. The Bertz CT molecular complexity index is 306. The maximum Gasteiger partial charge on any atom is 0.0696 e. The van der Waals surface area contributed by atoms with E-state index in [1.807, 2.05) is 19.2 Å². The molecule has 0 aliphatic heterocycles. The molecule has 0 aliphatic rings. The number of aliphatic hydroxyl groups is 1. The fourth-order valence-electron chi connectivity index (χ4n) is 1.57. The summed E-state index contributed by atoms with van der Waals surface area (Å²) in [5.74, 6) is 0. The number of ether oxygens (including phenoxy) is 1. The normalized spacial score (nSPS) is 14.8. The van der Waals surface area contributed by atoms with Gasteiger partial charge in [-0.05, 0) is 31.4 Å². The van der Waals surface area contributed by atoms with Crippen LogP contribution in [-0.4, -0.2) is 29.4 Å². The molecule has 3 heteroatoms. The minimum absolute atomic E-state index is 0.569. The van der Waals surface area contributed by atoms with Gasteiger partial charge in [0.05, 0.1) is 5.60 Å². The summed E-state index contributed by atoms with van der Waals surface area (Å²) in [6.45, 7) is 4.49. The molecule has 0 bridgehead atoms. The molecule has 1 atom stereocenters. The lowest BCUT2D eigenvalue weighted by Crippen LogP contribution is -2.29. The van der Waals surface area contributed by atoms with Crippen LogP contribution < -0.4 is 0 Å². The van der Waals surface area contributed by atoms with Gasteiger partial charge in [-0.25, -0.2) is 0 Å². The Morgan fingerprint density at radius 3 is 2.69 bits per heavy atom. The van der Waals surface area contributed by atoms with Crippen LogP contribution in [0, 0.1) is 0 Å². The van der Waals surface area contributed by atoms with Crippen LogP contribution in [0.1, 0.15) is 31.5 Å². The first kappa shape index (κ1) is 13.1. The summed E-state index contributed by atoms with van der Waals surface area (Å²) in [7, 11) is 1.64. The van der Waals surface area contributed by atoms with E-state index in [-0.39, 0.29) is 0 Å². The van der Waals surface area contributed by atoms with Gasteiger partial charge in [0.25, 0.3) is 0 Å². The number of aromatic nitrogens is 1. The van der Waals surface area contributed by atoms with Gasteiger partial charge in [-0.3, -0.25) is 4.98 Å². The molecule has 0 amide bonds. The van der Waals surface area contributed by atoms with Crippen molar-refractivity contribution in [1.29, 1.82) is 0 Å². The molecule has 0 spiro atoms. The highest BCUT2D eigenvalue weighted by Gasteiger charge is 2.21. The summed E-state index contributed by atoms with van der Waals surface area (Å²) >= 11 is 0. The molecule has 90 valence electrons. The predicted molar refractivity (Wildman–Crippen MR) is 64.4 cm³/mol. The number of methoxy groups -OCH3 is 1. The highest BCUT2D eigenvalue weighted by Crippen LogP contribution is 2.16. The first-order chi connectivity index (χ1) is 7.57. The fourth-order valence-corrected chi connectivity index (χ4v) is 1.57. The quantitative estimate of drug-likeness (QED) is 0.801. The zero-order valence-corrected chi connectivity index (χ0v) is 10.4. The highest BCUT2D eigenvalue weighted by atomic mass is 16.5. The van der Waals surface area contributed by atoms with Gasteiger partial charge in [-0.15, -0.1) is 0 Å². The van der Waals surface area contributed by atoms with Gasteiger partial charge in [0.1, 0.15) is 0 Å². The molecule has 1 rings (SSSR count). The van der Waals surface area contributed by atoms with Crippen molar-refractivity contribution < 1.29 is 9.84 Å². The number of hydrogen-bond acceptors (Lipinski definition) is 3. The maximum atomic E-state index is 10.1. The number of rotatable bonds is 6. The average Bonchev–Trinajstić information content (AvgIpc) is 2.27. The van der Waals surface area contributed by atoms with Crippen LogP contribution >= 0.6 is 0 Å². The van der Waals surface area contributed by atoms with Crippen molar-refractivity contribution in [3.63, 3.8) is 0 Å². The Labute approximate surface area is 97.5 Å². The van der Waals surface area contributed by atoms with Crippen LogP contribution in [0.5, 0.6) is 0 Å². The van der Waals surface area contributed by atoms with E-state index in [0.29, 0.717) is 19.4 Å². The van der Waals surface area contributed by atoms with Crippen LogP contribution in [0.4, 0.5) is 0 Å². The van der Waals surface area contributed by atoms with E-state index in [2.05, 4.69) is 18.0 Å². The van der Waals surface area contributed by atoms with Crippen molar-refractivity contribution in [1.82, 2.24) is 4.98 Å². The number of aryl methyl sites for hydroxylation is 1. The fraction of sp³-hybridized carbons (Fsp3) is 0.615. The van der Waals surface area contributed by atoms with E-state index in [1.54, 1.807) is 7.11 Å². The van der Waals surface area contributed by atoms with Crippen LogP contribution in [-0.2, 0) is 17.6 Å². The molecule has 1 unspecified atom stereocenters. The average molecular weight is 223 g/mol. The minimum Gasteiger partial charge on any atom is -0.390 e. The lowest BCUT2D eigenvalue weighted by atomic mass is 9.96. The standard InChI is InChI=1S/C13H21NO2/c1-4-11-5-6-12(14-10-11)9-13(2,15)7-8-16-3/h5-6,10,15H,4,7-9H2,1-3H3. The molecule has 0 saturated heterocycles. The second-order valence-corrected chi connectivity index (χ2v) is 4.43. The summed E-state index contributed by atoms with van der Waals surface area (Å²) in [5, 5.41) is 10.1. The van der Waals surface area contributed by atoms with Crippen LogP contribution in [0.25, 0.3) is 0 Å². The molecule has 0 aliphatic carbocycles. The third-order valence-corrected chi connectivity index (χ3v) is 2.70. The van der Waals surface area contributed by atoms with E-state index >= 15 is 0 Å². The van der Waals surface area contributed by atoms with Crippen molar-refractivity contribution in [2.75, 3.05) is 13.7 Å². The molecule has 16 heavy (non-hydrogen) atoms. The zero-order valence-electron chi connectivity index (χ0n) is 10.4. The van der Waals surface area contributed by atoms with Gasteiger partial charge in [0.15, 0.2) is 0 Å². The Morgan fingerprint density at radius 2 is 2.19 bits per heavy atom. The van der Waals surface area contributed by atoms with E-state index in [1.165, 1.54) is 5.56 Å². The van der Waals surface area contributed by atoms with Crippen molar-refractivity contribution in [2.24, 2.45) is 0 Å². The lowest BCUT2D eigenvalue weighted by Gasteiger charge is -2.22. The van der Waals surface area contributed by atoms with Crippen molar-refractivity contribution in [3.8, 4) is 0 Å². The van der Waals surface area contributed by atoms with Crippen molar-refractivity contribution >= 4 is 0 Å². The van der Waals surface area contributed by atoms with E-state index in [0.717, 1.165) is 12.1 Å².